The lowest BCUT2D eigenvalue weighted by Crippen LogP contribution is -2.43. The number of carbonyl (C=O) groups is 1. The summed E-state index contributed by atoms with van der Waals surface area (Å²) >= 11 is 0. The highest BCUT2D eigenvalue weighted by atomic mass is 16.3. The van der Waals surface area contributed by atoms with Crippen LogP contribution < -0.4 is 10.2 Å². The van der Waals surface area contributed by atoms with E-state index in [9.17, 15) is 9.90 Å². The Morgan fingerprint density at radius 2 is 1.47 bits per heavy atom. The first-order chi connectivity index (χ1) is 14.6. The number of para-hydroxylation sites is 2. The number of carbonyl (C=O) groups excluding carboxylic acids is 1. The molecule has 0 spiro atoms. The topological polar surface area (TPSA) is 70.4 Å². The lowest BCUT2D eigenvalue weighted by molar-refractivity contribution is 0.254. The van der Waals surface area contributed by atoms with Gasteiger partial charge < -0.3 is 5.11 Å². The van der Waals surface area contributed by atoms with E-state index in [2.05, 4.69) is 5.32 Å². The number of phenolic OH excluding ortho intramolecular Hbond substituents is 1. The fourth-order valence-corrected chi connectivity index (χ4v) is 3.98. The predicted molar refractivity (Wildman–Crippen MR) is 116 cm³/mol. The zero-order valence-corrected chi connectivity index (χ0v) is 16.4. The van der Waals surface area contributed by atoms with Crippen LogP contribution in [0.3, 0.4) is 0 Å². The van der Waals surface area contributed by atoms with Crippen molar-refractivity contribution in [2.45, 2.75) is 13.0 Å². The number of amides is 2. The highest BCUT2D eigenvalue weighted by molar-refractivity contribution is 6.05. The van der Waals surface area contributed by atoms with E-state index in [1.807, 2.05) is 79.7 Å². The molecule has 30 heavy (non-hydrogen) atoms. The molecule has 1 atom stereocenters. The Hall–Kier alpha value is -4.06. The molecule has 0 fully saturated rings. The number of hydrogen-bond donors (Lipinski definition) is 2. The van der Waals surface area contributed by atoms with Gasteiger partial charge in [-0.15, -0.1) is 0 Å². The summed E-state index contributed by atoms with van der Waals surface area (Å²) in [5, 5.41) is 17.6. The van der Waals surface area contributed by atoms with Gasteiger partial charge in [0.15, 0.2) is 0 Å². The van der Waals surface area contributed by atoms with Gasteiger partial charge in [-0.05, 0) is 48.9 Å². The maximum atomic E-state index is 13.3. The Kier molecular flexibility index (Phi) is 4.25. The fraction of sp³-hybridized carbons (Fsp3) is 0.0833. The van der Waals surface area contributed by atoms with Crippen LogP contribution in [0.2, 0.25) is 0 Å². The van der Waals surface area contributed by atoms with Gasteiger partial charge in [-0.3, -0.25) is 10.2 Å². The Morgan fingerprint density at radius 1 is 0.867 bits per heavy atom. The third kappa shape index (κ3) is 2.90. The maximum absolute atomic E-state index is 13.3. The van der Waals surface area contributed by atoms with Crippen LogP contribution >= 0.6 is 0 Å². The van der Waals surface area contributed by atoms with Gasteiger partial charge >= 0.3 is 6.03 Å². The molecule has 0 saturated heterocycles. The summed E-state index contributed by atoms with van der Waals surface area (Å²) in [6.45, 7) is 1.95. The molecule has 1 aliphatic heterocycles. The summed E-state index contributed by atoms with van der Waals surface area (Å²) in [5.74, 6) is 0.844. The lowest BCUT2D eigenvalue weighted by atomic mass is 9.94. The number of nitrogens with zero attached hydrogens (tertiary/aromatic N) is 3. The first kappa shape index (κ1) is 18.0. The molecule has 0 saturated carbocycles. The van der Waals surface area contributed by atoms with Gasteiger partial charge in [0.1, 0.15) is 11.6 Å². The summed E-state index contributed by atoms with van der Waals surface area (Å²) in [5.41, 5.74) is 4.30. The first-order valence-electron chi connectivity index (χ1n) is 9.72. The highest BCUT2D eigenvalue weighted by Crippen LogP contribution is 2.43. The standard InChI is InChI=1S/C24H20N4O2/c1-16-21-22(17-12-14-20(29)15-13-17)27(18-8-4-2-5-9-18)24(30)25-23(21)28(26-16)19-10-6-3-7-11-19/h2-15,22,29H,1H3,(H,25,30). The fourth-order valence-electron chi connectivity index (χ4n) is 3.98. The zero-order valence-electron chi connectivity index (χ0n) is 16.4. The molecule has 0 bridgehead atoms. The van der Waals surface area contributed by atoms with E-state index in [1.165, 1.54) is 0 Å². The Balaban J connectivity index is 1.74. The average molecular weight is 396 g/mol. The molecule has 2 amide bonds. The smallest absolute Gasteiger partial charge is 0.328 e. The number of rotatable bonds is 3. The highest BCUT2D eigenvalue weighted by Gasteiger charge is 2.39. The van der Waals surface area contributed by atoms with Crippen molar-refractivity contribution in [1.29, 1.82) is 0 Å². The molecule has 4 aromatic rings. The number of hydrogen-bond acceptors (Lipinski definition) is 3. The summed E-state index contributed by atoms with van der Waals surface area (Å²) in [7, 11) is 0. The summed E-state index contributed by atoms with van der Waals surface area (Å²) in [6, 6.07) is 25.7. The minimum atomic E-state index is -0.380. The van der Waals surface area contributed by atoms with Gasteiger partial charge in [-0.1, -0.05) is 48.5 Å². The normalized spacial score (nSPS) is 15.6. The lowest BCUT2D eigenvalue weighted by Gasteiger charge is -2.36. The van der Waals surface area contributed by atoms with E-state index in [1.54, 1.807) is 21.7 Å². The minimum absolute atomic E-state index is 0.183. The number of aryl methyl sites for hydroxylation is 1. The van der Waals surface area contributed by atoms with Crippen LogP contribution in [0, 0.1) is 6.92 Å². The minimum Gasteiger partial charge on any atom is -0.508 e. The van der Waals surface area contributed by atoms with Crippen LogP contribution in [-0.2, 0) is 0 Å². The van der Waals surface area contributed by atoms with E-state index < -0.39 is 0 Å². The second-order valence-electron chi connectivity index (χ2n) is 7.22. The van der Waals surface area contributed by atoms with Crippen molar-refractivity contribution in [3.63, 3.8) is 0 Å². The van der Waals surface area contributed by atoms with Gasteiger partial charge in [-0.25, -0.2) is 9.48 Å². The molecule has 2 heterocycles. The number of aromatic nitrogens is 2. The van der Waals surface area contributed by atoms with Crippen LogP contribution in [-0.4, -0.2) is 20.9 Å². The number of phenols is 1. The number of nitrogens with one attached hydrogen (secondary N) is 1. The van der Waals surface area contributed by atoms with Crippen LogP contribution in [0.1, 0.15) is 22.9 Å². The van der Waals surface area contributed by atoms with Crippen LogP contribution in [0.5, 0.6) is 5.75 Å². The zero-order chi connectivity index (χ0) is 20.7. The molecule has 148 valence electrons. The third-order valence-corrected chi connectivity index (χ3v) is 5.33. The quantitative estimate of drug-likeness (QED) is 0.510. The Morgan fingerprint density at radius 3 is 2.10 bits per heavy atom. The number of fused-ring (bicyclic) bond motifs is 1. The maximum Gasteiger partial charge on any atom is 0.328 e. The molecular formula is C24H20N4O2. The SMILES string of the molecule is Cc1nn(-c2ccccc2)c2c1C(c1ccc(O)cc1)N(c1ccccc1)C(=O)N2. The number of urea groups is 1. The summed E-state index contributed by atoms with van der Waals surface area (Å²) in [4.78, 5) is 15.1. The monoisotopic (exact) mass is 396 g/mol. The van der Waals surface area contributed by atoms with Crippen molar-refractivity contribution < 1.29 is 9.90 Å². The van der Waals surface area contributed by atoms with E-state index in [0.29, 0.717) is 5.82 Å². The van der Waals surface area contributed by atoms with E-state index in [-0.39, 0.29) is 17.8 Å². The van der Waals surface area contributed by atoms with Crippen molar-refractivity contribution in [2.75, 3.05) is 10.2 Å². The van der Waals surface area contributed by atoms with Gasteiger partial charge in [0, 0.05) is 11.3 Å². The Labute approximate surface area is 174 Å². The van der Waals surface area contributed by atoms with E-state index in [4.69, 9.17) is 5.10 Å². The van der Waals surface area contributed by atoms with Gasteiger partial charge in [0.25, 0.3) is 0 Å². The molecular weight excluding hydrogens is 376 g/mol. The van der Waals surface area contributed by atoms with Gasteiger partial charge in [-0.2, -0.15) is 5.10 Å². The van der Waals surface area contributed by atoms with Crippen molar-refractivity contribution in [3.05, 3.63) is 102 Å². The van der Waals surface area contributed by atoms with Crippen LogP contribution in [0.4, 0.5) is 16.3 Å². The van der Waals surface area contributed by atoms with E-state index >= 15 is 0 Å². The second kappa shape index (κ2) is 7.08. The summed E-state index contributed by atoms with van der Waals surface area (Å²) < 4.78 is 1.78. The molecule has 0 radical (unpaired) electrons. The second-order valence-corrected chi connectivity index (χ2v) is 7.22. The van der Waals surface area contributed by atoms with Gasteiger partial charge in [0.2, 0.25) is 0 Å². The van der Waals surface area contributed by atoms with Crippen molar-refractivity contribution in [2.24, 2.45) is 0 Å². The van der Waals surface area contributed by atoms with Crippen LogP contribution in [0.15, 0.2) is 84.9 Å². The molecule has 5 rings (SSSR count). The molecule has 6 heteroatoms. The van der Waals surface area contributed by atoms with Crippen LogP contribution in [0.25, 0.3) is 5.69 Å². The molecule has 1 aliphatic rings. The number of benzene rings is 3. The molecule has 1 unspecified atom stereocenters. The first-order valence-corrected chi connectivity index (χ1v) is 9.72. The number of anilines is 2. The third-order valence-electron chi connectivity index (χ3n) is 5.33. The molecule has 1 aromatic heterocycles. The molecule has 3 aromatic carbocycles. The summed E-state index contributed by atoms with van der Waals surface area (Å²) in [6.07, 6.45) is 0. The average Bonchev–Trinajstić information content (AvgIpc) is 3.10. The molecule has 2 N–H and O–H groups in total. The molecule has 6 nitrogen and oxygen atoms in total. The van der Waals surface area contributed by atoms with E-state index in [0.717, 1.165) is 28.2 Å². The largest absolute Gasteiger partial charge is 0.508 e. The van der Waals surface area contributed by atoms with Crippen molar-refractivity contribution in [1.82, 2.24) is 9.78 Å². The predicted octanol–water partition coefficient (Wildman–Crippen LogP) is 5.03. The Bertz CT molecular complexity index is 1200. The number of aromatic hydroxyl groups is 1. The van der Waals surface area contributed by atoms with Crippen molar-refractivity contribution >= 4 is 17.5 Å². The van der Waals surface area contributed by atoms with Crippen molar-refractivity contribution in [3.8, 4) is 11.4 Å². The van der Waals surface area contributed by atoms with Gasteiger partial charge in [0.05, 0.1) is 17.4 Å². The molecule has 0 aliphatic carbocycles.